The zero-order valence-corrected chi connectivity index (χ0v) is 8.74. The molecule has 1 saturated heterocycles. The van der Waals surface area contributed by atoms with Gasteiger partial charge < -0.3 is 10.4 Å². The Morgan fingerprint density at radius 2 is 2.14 bits per heavy atom. The summed E-state index contributed by atoms with van der Waals surface area (Å²) in [5.74, 6) is -2.14. The Bertz CT molecular complexity index is 353. The Balaban J connectivity index is 2.54. The fourth-order valence-electron chi connectivity index (χ4n) is 1.46. The van der Waals surface area contributed by atoms with E-state index in [-0.39, 0.29) is 21.8 Å². The average molecular weight is 264 g/mol. The number of aromatic hydroxyl groups is 1. The molecule has 2 nitrogen and oxygen atoms in total. The van der Waals surface area contributed by atoms with Gasteiger partial charge in [-0.3, -0.25) is 0 Å². The summed E-state index contributed by atoms with van der Waals surface area (Å²) in [6.45, 7) is 0.762. The van der Waals surface area contributed by atoms with Crippen LogP contribution >= 0.6 is 15.9 Å². The summed E-state index contributed by atoms with van der Waals surface area (Å²) in [7, 11) is 0. The van der Waals surface area contributed by atoms with Gasteiger partial charge in [0, 0.05) is 6.04 Å². The van der Waals surface area contributed by atoms with Gasteiger partial charge in [-0.05, 0) is 35.0 Å². The minimum Gasteiger partial charge on any atom is -0.506 e. The highest BCUT2D eigenvalue weighted by atomic mass is 79.9. The lowest BCUT2D eigenvalue weighted by Gasteiger charge is -2.29. The molecule has 76 valence electrons. The summed E-state index contributed by atoms with van der Waals surface area (Å²) in [5, 5.41) is 12.5. The van der Waals surface area contributed by atoms with E-state index >= 15 is 0 Å². The van der Waals surface area contributed by atoms with Gasteiger partial charge in [0.1, 0.15) is 5.75 Å². The largest absolute Gasteiger partial charge is 0.506 e. The molecule has 1 fully saturated rings. The summed E-state index contributed by atoms with van der Waals surface area (Å²) in [4.78, 5) is 0. The Hall–Kier alpha value is -0.680. The van der Waals surface area contributed by atoms with Crippen LogP contribution in [0.5, 0.6) is 5.75 Å². The number of nitrogens with one attached hydrogen (secondary N) is 1. The third-order valence-electron chi connectivity index (χ3n) is 2.35. The van der Waals surface area contributed by atoms with E-state index in [0.29, 0.717) is 6.42 Å². The highest BCUT2D eigenvalue weighted by molar-refractivity contribution is 9.10. The molecule has 1 aliphatic heterocycles. The first-order chi connectivity index (χ1) is 6.61. The van der Waals surface area contributed by atoms with Gasteiger partial charge in [-0.2, -0.15) is 0 Å². The highest BCUT2D eigenvalue weighted by Gasteiger charge is 2.28. The lowest BCUT2D eigenvalue weighted by molar-refractivity contribution is 0.342. The summed E-state index contributed by atoms with van der Waals surface area (Å²) < 4.78 is 26.5. The number of hydrogen-bond donors (Lipinski definition) is 2. The van der Waals surface area contributed by atoms with Gasteiger partial charge in [0.2, 0.25) is 0 Å². The number of halogens is 3. The van der Waals surface area contributed by atoms with Crippen LogP contribution in [-0.2, 0) is 0 Å². The fourth-order valence-corrected chi connectivity index (χ4v) is 1.87. The number of benzene rings is 1. The second kappa shape index (κ2) is 3.47. The van der Waals surface area contributed by atoms with Gasteiger partial charge in [-0.15, -0.1) is 0 Å². The van der Waals surface area contributed by atoms with Gasteiger partial charge in [0.05, 0.1) is 10.0 Å². The Labute approximate surface area is 88.1 Å². The van der Waals surface area contributed by atoms with Gasteiger partial charge in [-0.25, -0.2) is 8.78 Å². The van der Waals surface area contributed by atoms with Crippen molar-refractivity contribution in [1.29, 1.82) is 0 Å². The van der Waals surface area contributed by atoms with Crippen LogP contribution in [0.3, 0.4) is 0 Å². The predicted molar refractivity (Wildman–Crippen MR) is 51.1 cm³/mol. The molecule has 0 aliphatic carbocycles. The van der Waals surface area contributed by atoms with Crippen molar-refractivity contribution < 1.29 is 13.9 Å². The van der Waals surface area contributed by atoms with Crippen LogP contribution in [0, 0.1) is 11.6 Å². The molecule has 1 aromatic carbocycles. The first kappa shape index (κ1) is 9.86. The van der Waals surface area contributed by atoms with E-state index in [0.717, 1.165) is 12.6 Å². The van der Waals surface area contributed by atoms with Crippen LogP contribution in [0.25, 0.3) is 0 Å². The molecule has 0 amide bonds. The Kier molecular flexibility index (Phi) is 2.45. The molecule has 0 radical (unpaired) electrons. The highest BCUT2D eigenvalue weighted by Crippen LogP contribution is 2.38. The number of hydrogen-bond acceptors (Lipinski definition) is 2. The van der Waals surface area contributed by atoms with Crippen molar-refractivity contribution in [2.75, 3.05) is 6.54 Å². The number of phenols is 1. The van der Waals surface area contributed by atoms with E-state index in [1.54, 1.807) is 0 Å². The maximum Gasteiger partial charge on any atom is 0.167 e. The van der Waals surface area contributed by atoms with Crippen molar-refractivity contribution in [3.05, 3.63) is 27.7 Å². The quantitative estimate of drug-likeness (QED) is 0.764. The topological polar surface area (TPSA) is 32.3 Å². The SMILES string of the molecule is Oc1c(Br)cc(F)c(F)c1[C@H]1CCN1. The van der Waals surface area contributed by atoms with Crippen molar-refractivity contribution in [2.45, 2.75) is 12.5 Å². The van der Waals surface area contributed by atoms with E-state index < -0.39 is 11.6 Å². The second-order valence-electron chi connectivity index (χ2n) is 3.21. The molecule has 1 aliphatic rings. The smallest absolute Gasteiger partial charge is 0.167 e. The molecule has 2 N–H and O–H groups in total. The van der Waals surface area contributed by atoms with Crippen molar-refractivity contribution in [2.24, 2.45) is 0 Å². The third-order valence-corrected chi connectivity index (χ3v) is 2.96. The van der Waals surface area contributed by atoms with E-state index in [4.69, 9.17) is 0 Å². The average Bonchev–Trinajstić information content (AvgIpc) is 2.06. The second-order valence-corrected chi connectivity index (χ2v) is 4.07. The minimum absolute atomic E-state index is 0.0168. The van der Waals surface area contributed by atoms with E-state index in [1.807, 2.05) is 0 Å². The van der Waals surface area contributed by atoms with Crippen LogP contribution in [-0.4, -0.2) is 11.7 Å². The lowest BCUT2D eigenvalue weighted by Crippen LogP contribution is -2.35. The normalized spacial score (nSPS) is 20.6. The third kappa shape index (κ3) is 1.40. The van der Waals surface area contributed by atoms with Gasteiger partial charge >= 0.3 is 0 Å². The van der Waals surface area contributed by atoms with E-state index in [1.165, 1.54) is 0 Å². The van der Waals surface area contributed by atoms with E-state index in [9.17, 15) is 13.9 Å². The maximum absolute atomic E-state index is 13.3. The van der Waals surface area contributed by atoms with Gasteiger partial charge in [-0.1, -0.05) is 0 Å². The molecule has 0 saturated carbocycles. The molecular weight excluding hydrogens is 256 g/mol. The molecule has 0 bridgehead atoms. The van der Waals surface area contributed by atoms with Crippen molar-refractivity contribution in [3.63, 3.8) is 0 Å². The summed E-state index contributed by atoms with van der Waals surface area (Å²) in [6.07, 6.45) is 0.709. The minimum atomic E-state index is -0.970. The number of rotatable bonds is 1. The number of phenolic OH excluding ortho intramolecular Hbond substituents is 1. The Morgan fingerprint density at radius 3 is 2.64 bits per heavy atom. The van der Waals surface area contributed by atoms with Gasteiger partial charge in [0.15, 0.2) is 11.6 Å². The lowest BCUT2D eigenvalue weighted by atomic mass is 9.96. The molecule has 5 heteroatoms. The van der Waals surface area contributed by atoms with Crippen LogP contribution in [0.2, 0.25) is 0 Å². The monoisotopic (exact) mass is 263 g/mol. The molecule has 0 aromatic heterocycles. The van der Waals surface area contributed by atoms with Crippen LogP contribution in [0.4, 0.5) is 8.78 Å². The first-order valence-corrected chi connectivity index (χ1v) is 5.00. The van der Waals surface area contributed by atoms with Crippen LogP contribution < -0.4 is 5.32 Å². The predicted octanol–water partition coefficient (Wildman–Crippen LogP) is 2.47. The molecule has 1 heterocycles. The molecule has 14 heavy (non-hydrogen) atoms. The van der Waals surface area contributed by atoms with E-state index in [2.05, 4.69) is 21.2 Å². The molecule has 1 atom stereocenters. The van der Waals surface area contributed by atoms with Gasteiger partial charge in [0.25, 0.3) is 0 Å². The molecular formula is C9H8BrF2NO. The molecule has 2 rings (SSSR count). The molecule has 0 unspecified atom stereocenters. The van der Waals surface area contributed by atoms with Crippen LogP contribution in [0.1, 0.15) is 18.0 Å². The Morgan fingerprint density at radius 1 is 1.50 bits per heavy atom. The molecule has 0 spiro atoms. The zero-order chi connectivity index (χ0) is 10.3. The first-order valence-electron chi connectivity index (χ1n) is 4.21. The van der Waals surface area contributed by atoms with Crippen LogP contribution in [0.15, 0.2) is 10.5 Å². The standard InChI is InChI=1S/C9H8BrF2NO/c10-4-3-5(11)8(12)7(9(4)14)6-1-2-13-6/h3,6,13-14H,1-2H2/t6-/m1/s1. The molecule has 1 aromatic rings. The fraction of sp³-hybridized carbons (Fsp3) is 0.333. The van der Waals surface area contributed by atoms with Crippen molar-refractivity contribution in [3.8, 4) is 5.75 Å². The summed E-state index contributed by atoms with van der Waals surface area (Å²) in [5.41, 5.74) is 0.0168. The van der Waals surface area contributed by atoms with Crippen molar-refractivity contribution in [1.82, 2.24) is 5.32 Å². The maximum atomic E-state index is 13.3. The summed E-state index contributed by atoms with van der Waals surface area (Å²) in [6, 6.07) is 0.648. The van der Waals surface area contributed by atoms with Crippen molar-refractivity contribution >= 4 is 15.9 Å². The summed E-state index contributed by atoms with van der Waals surface area (Å²) >= 11 is 2.97. The zero-order valence-electron chi connectivity index (χ0n) is 7.15.